The number of carbonyl (C=O) groups is 2. The maximum absolute atomic E-state index is 13.3. The third-order valence-electron chi connectivity index (χ3n) is 7.13. The van der Waals surface area contributed by atoms with Gasteiger partial charge < -0.3 is 10.4 Å². The zero-order valence-corrected chi connectivity index (χ0v) is 25.1. The van der Waals surface area contributed by atoms with Crippen molar-refractivity contribution in [2.45, 2.75) is 12.4 Å². The third kappa shape index (κ3) is 6.82. The van der Waals surface area contributed by atoms with Gasteiger partial charge in [0.05, 0.1) is 34.4 Å². The van der Waals surface area contributed by atoms with E-state index in [9.17, 15) is 35.9 Å². The van der Waals surface area contributed by atoms with E-state index in [0.717, 1.165) is 12.1 Å². The molecule has 0 saturated carbocycles. The molecule has 0 aliphatic carbocycles. The molecular weight excluding hydrogens is 670 g/mol. The van der Waals surface area contributed by atoms with Crippen LogP contribution < -0.4 is 5.32 Å². The van der Waals surface area contributed by atoms with Gasteiger partial charge in [0.1, 0.15) is 12.7 Å². The van der Waals surface area contributed by atoms with E-state index >= 15 is 0 Å². The molecule has 7 rings (SSSR count). The minimum Gasteiger partial charge on any atom is -0.476 e. The second-order valence-electron chi connectivity index (χ2n) is 10.4. The van der Waals surface area contributed by atoms with Gasteiger partial charge in [-0.3, -0.25) is 18.6 Å². The molecule has 7 aromatic rings. The summed E-state index contributed by atoms with van der Waals surface area (Å²) >= 11 is 0. The lowest BCUT2D eigenvalue weighted by atomic mass is 10.0. The van der Waals surface area contributed by atoms with Crippen LogP contribution >= 0.6 is 0 Å². The Morgan fingerprint density at radius 1 is 0.660 bits per heavy atom. The molecular formula is C33H20F6N8O3. The summed E-state index contributed by atoms with van der Waals surface area (Å²) in [6, 6.07) is 16.3. The fourth-order valence-electron chi connectivity index (χ4n) is 4.90. The van der Waals surface area contributed by atoms with Crippen LogP contribution in [0.4, 0.5) is 32.0 Å². The first-order chi connectivity index (χ1) is 23.8. The molecule has 5 aromatic heterocycles. The van der Waals surface area contributed by atoms with E-state index in [2.05, 4.69) is 30.2 Å². The van der Waals surface area contributed by atoms with Gasteiger partial charge in [-0.1, -0.05) is 36.4 Å². The molecule has 252 valence electrons. The molecule has 0 bridgehead atoms. The van der Waals surface area contributed by atoms with Gasteiger partial charge in [-0.2, -0.15) is 26.3 Å². The van der Waals surface area contributed by atoms with Crippen molar-refractivity contribution < 1.29 is 41.0 Å². The molecule has 50 heavy (non-hydrogen) atoms. The SMILES string of the molecule is O=C(Nc1cccnc1)c1ncn2ccc(-c3ccccc3C(F)(F)F)nc12.O=C(O)c1ncn2ccc(-c3ccccc3C(F)(F)F)nc12. The minimum atomic E-state index is -4.53. The molecule has 0 spiro atoms. The Kier molecular flexibility index (Phi) is 8.71. The molecule has 0 radical (unpaired) electrons. The zero-order valence-electron chi connectivity index (χ0n) is 25.1. The van der Waals surface area contributed by atoms with Crippen molar-refractivity contribution in [2.75, 3.05) is 5.32 Å². The Morgan fingerprint density at radius 2 is 1.16 bits per heavy atom. The first kappa shape index (κ1) is 33.3. The van der Waals surface area contributed by atoms with Gasteiger partial charge in [0.15, 0.2) is 22.7 Å². The number of amides is 1. The average Bonchev–Trinajstić information content (AvgIpc) is 3.72. The first-order valence-electron chi connectivity index (χ1n) is 14.3. The van der Waals surface area contributed by atoms with Gasteiger partial charge in [-0.15, -0.1) is 0 Å². The summed E-state index contributed by atoms with van der Waals surface area (Å²) in [6.07, 6.45) is -0.470. The second-order valence-corrected chi connectivity index (χ2v) is 10.4. The zero-order chi connectivity index (χ0) is 35.6. The van der Waals surface area contributed by atoms with Crippen LogP contribution in [0.15, 0.2) is 110 Å². The number of fused-ring (bicyclic) bond motifs is 2. The van der Waals surface area contributed by atoms with E-state index in [1.54, 1.807) is 18.3 Å². The molecule has 0 unspecified atom stereocenters. The Labute approximate surface area is 276 Å². The number of nitrogens with one attached hydrogen (secondary N) is 1. The molecule has 5 heterocycles. The average molecular weight is 691 g/mol. The van der Waals surface area contributed by atoms with Crippen molar-refractivity contribution in [1.82, 2.24) is 33.7 Å². The predicted octanol–water partition coefficient (Wildman–Crippen LogP) is 7.18. The molecule has 0 aliphatic rings. The number of aromatic carboxylic acids is 1. The second kappa shape index (κ2) is 13.1. The van der Waals surface area contributed by atoms with Gasteiger partial charge >= 0.3 is 18.3 Å². The number of hydrogen-bond donors (Lipinski definition) is 2. The Morgan fingerprint density at radius 3 is 1.64 bits per heavy atom. The highest BCUT2D eigenvalue weighted by molar-refractivity contribution is 6.06. The van der Waals surface area contributed by atoms with E-state index in [0.29, 0.717) is 5.69 Å². The number of nitrogens with zero attached hydrogens (tertiary/aromatic N) is 7. The highest BCUT2D eigenvalue weighted by atomic mass is 19.4. The summed E-state index contributed by atoms with van der Waals surface area (Å²) in [7, 11) is 0. The van der Waals surface area contributed by atoms with Crippen LogP contribution in [0.1, 0.15) is 32.1 Å². The van der Waals surface area contributed by atoms with Crippen molar-refractivity contribution in [3.63, 3.8) is 0 Å². The van der Waals surface area contributed by atoms with Crippen molar-refractivity contribution in [3.05, 3.63) is 133 Å². The Bertz CT molecular complexity index is 2350. The predicted molar refractivity (Wildman–Crippen MR) is 166 cm³/mol. The number of hydrogen-bond acceptors (Lipinski definition) is 7. The van der Waals surface area contributed by atoms with Crippen LogP contribution in [0.5, 0.6) is 0 Å². The molecule has 0 saturated heterocycles. The molecule has 2 N–H and O–H groups in total. The number of alkyl halides is 6. The van der Waals surface area contributed by atoms with Gasteiger partial charge in [0.25, 0.3) is 5.91 Å². The molecule has 11 nitrogen and oxygen atoms in total. The quantitative estimate of drug-likeness (QED) is 0.181. The topological polar surface area (TPSA) is 140 Å². The number of carboxylic acid groups (broad SMARTS) is 1. The number of carbonyl (C=O) groups excluding carboxylic acids is 1. The van der Waals surface area contributed by atoms with E-state index in [1.165, 1.54) is 88.6 Å². The number of carboxylic acids is 1. The molecule has 2 aromatic carbocycles. The summed E-state index contributed by atoms with van der Waals surface area (Å²) < 4.78 is 81.9. The van der Waals surface area contributed by atoms with E-state index in [-0.39, 0.29) is 45.2 Å². The summed E-state index contributed by atoms with van der Waals surface area (Å²) in [5.74, 6) is -1.83. The smallest absolute Gasteiger partial charge is 0.417 e. The number of halogens is 6. The summed E-state index contributed by atoms with van der Waals surface area (Å²) in [6.45, 7) is 0. The van der Waals surface area contributed by atoms with Gasteiger partial charge in [0, 0.05) is 29.7 Å². The van der Waals surface area contributed by atoms with E-state index < -0.39 is 35.4 Å². The lowest BCUT2D eigenvalue weighted by Crippen LogP contribution is -2.13. The van der Waals surface area contributed by atoms with Crippen LogP contribution in [0, 0.1) is 0 Å². The normalized spacial score (nSPS) is 11.6. The first-order valence-corrected chi connectivity index (χ1v) is 14.3. The minimum absolute atomic E-state index is 0.00445. The fraction of sp³-hybridized carbons (Fsp3) is 0.0606. The van der Waals surface area contributed by atoms with Gasteiger partial charge in [-0.25, -0.2) is 24.7 Å². The van der Waals surface area contributed by atoms with E-state index in [4.69, 9.17) is 5.11 Å². The van der Waals surface area contributed by atoms with Crippen molar-refractivity contribution in [3.8, 4) is 22.5 Å². The number of benzene rings is 2. The fourth-order valence-corrected chi connectivity index (χ4v) is 4.90. The maximum Gasteiger partial charge on any atom is 0.417 e. The maximum atomic E-state index is 13.3. The largest absolute Gasteiger partial charge is 0.476 e. The van der Waals surface area contributed by atoms with Crippen molar-refractivity contribution in [1.29, 1.82) is 0 Å². The van der Waals surface area contributed by atoms with Crippen molar-refractivity contribution in [2.24, 2.45) is 0 Å². The number of aromatic nitrogens is 7. The highest BCUT2D eigenvalue weighted by Gasteiger charge is 2.35. The Balaban J connectivity index is 0.000000178. The molecule has 0 fully saturated rings. The lowest BCUT2D eigenvalue weighted by molar-refractivity contribution is -0.137. The van der Waals surface area contributed by atoms with Crippen LogP contribution in [0.2, 0.25) is 0 Å². The summed E-state index contributed by atoms with van der Waals surface area (Å²) in [5, 5.41) is 11.7. The third-order valence-corrected chi connectivity index (χ3v) is 7.13. The van der Waals surface area contributed by atoms with Crippen LogP contribution in [-0.2, 0) is 12.4 Å². The van der Waals surface area contributed by atoms with Gasteiger partial charge in [-0.05, 0) is 36.4 Å². The van der Waals surface area contributed by atoms with Crippen LogP contribution in [0.25, 0.3) is 33.8 Å². The molecule has 0 atom stereocenters. The summed E-state index contributed by atoms with van der Waals surface area (Å²) in [5.41, 5.74) is -1.41. The standard InChI is InChI=1S/C19H12F3N5O.C14H8F3N3O2/c20-19(21,22)14-6-2-1-5-13(14)15-7-9-27-11-24-16(17(27)26-15)18(28)25-12-4-3-8-23-10-12;15-14(16,17)9-4-2-1-3-8(9)10-5-6-20-7-18-11(13(21)22)12(20)19-10/h1-11H,(H,25,28);1-7H,(H,21,22). The van der Waals surface area contributed by atoms with E-state index in [1.807, 2.05) is 0 Å². The highest BCUT2D eigenvalue weighted by Crippen LogP contribution is 2.37. The number of pyridine rings is 1. The Hall–Kier alpha value is -6.65. The number of rotatable bonds is 5. The number of anilines is 1. The number of imidazole rings is 2. The molecule has 17 heteroatoms. The lowest BCUT2D eigenvalue weighted by Gasteiger charge is -2.12. The molecule has 0 aliphatic heterocycles. The van der Waals surface area contributed by atoms with Crippen LogP contribution in [-0.4, -0.2) is 50.7 Å². The summed E-state index contributed by atoms with van der Waals surface area (Å²) in [4.78, 5) is 43.5. The monoisotopic (exact) mass is 690 g/mol. The van der Waals surface area contributed by atoms with Crippen molar-refractivity contribution >= 4 is 28.9 Å². The molecule has 1 amide bonds. The van der Waals surface area contributed by atoms with Crippen LogP contribution in [0.3, 0.4) is 0 Å². The van der Waals surface area contributed by atoms with Gasteiger partial charge in [0.2, 0.25) is 0 Å².